The summed E-state index contributed by atoms with van der Waals surface area (Å²) in [5.41, 5.74) is 8.48. The summed E-state index contributed by atoms with van der Waals surface area (Å²) in [6.45, 7) is 6.29. The summed E-state index contributed by atoms with van der Waals surface area (Å²) >= 11 is 0. The van der Waals surface area contributed by atoms with Gasteiger partial charge in [0.2, 0.25) is 10.0 Å². The average molecular weight is 269 g/mol. The van der Waals surface area contributed by atoms with Crippen molar-refractivity contribution in [1.29, 1.82) is 0 Å². The summed E-state index contributed by atoms with van der Waals surface area (Å²) in [6, 6.07) is 3.07. The van der Waals surface area contributed by atoms with Crippen LogP contribution in [0.4, 0.5) is 11.4 Å². The van der Waals surface area contributed by atoms with Crippen molar-refractivity contribution in [1.82, 2.24) is 0 Å². The number of allylic oxidation sites excluding steroid dienone is 1. The second-order valence-corrected chi connectivity index (χ2v) is 5.93. The standard InChI is InChI=1S/C12H19N3O2S/c1-8(2)4-5-15-11-6-10(13)7-12(9(11)3)18(14,16)17/h4,6-7,15H,5,13H2,1-3H3,(H2,14,16,17). The van der Waals surface area contributed by atoms with Gasteiger partial charge in [0.1, 0.15) is 0 Å². The van der Waals surface area contributed by atoms with Crippen LogP contribution >= 0.6 is 0 Å². The monoisotopic (exact) mass is 269 g/mol. The Morgan fingerprint density at radius 1 is 1.39 bits per heavy atom. The molecule has 6 heteroatoms. The SMILES string of the molecule is CC(C)=CCNc1cc(N)cc(S(N)(=O)=O)c1C. The van der Waals surface area contributed by atoms with Crippen molar-refractivity contribution < 1.29 is 8.42 Å². The predicted octanol–water partition coefficient (Wildman–Crippen LogP) is 1.60. The Morgan fingerprint density at radius 3 is 2.50 bits per heavy atom. The number of rotatable bonds is 4. The third kappa shape index (κ3) is 3.75. The van der Waals surface area contributed by atoms with Crippen molar-refractivity contribution in [2.45, 2.75) is 25.7 Å². The lowest BCUT2D eigenvalue weighted by Gasteiger charge is -2.12. The van der Waals surface area contributed by atoms with Crippen LogP contribution in [0.1, 0.15) is 19.4 Å². The van der Waals surface area contributed by atoms with Gasteiger partial charge in [0.05, 0.1) is 4.90 Å². The molecule has 0 unspecified atom stereocenters. The van der Waals surface area contributed by atoms with Crippen LogP contribution in [0, 0.1) is 6.92 Å². The highest BCUT2D eigenvalue weighted by Gasteiger charge is 2.15. The van der Waals surface area contributed by atoms with E-state index in [4.69, 9.17) is 10.9 Å². The summed E-state index contributed by atoms with van der Waals surface area (Å²) < 4.78 is 22.8. The molecule has 18 heavy (non-hydrogen) atoms. The molecular weight excluding hydrogens is 250 g/mol. The van der Waals surface area contributed by atoms with E-state index in [0.717, 1.165) is 0 Å². The Balaban J connectivity index is 3.14. The Kier molecular flexibility index (Phi) is 4.37. The van der Waals surface area contributed by atoms with E-state index >= 15 is 0 Å². The molecule has 0 aliphatic heterocycles. The fourth-order valence-corrected chi connectivity index (χ4v) is 2.39. The van der Waals surface area contributed by atoms with E-state index in [1.807, 2.05) is 19.9 Å². The molecule has 0 radical (unpaired) electrons. The lowest BCUT2D eigenvalue weighted by atomic mass is 10.1. The summed E-state index contributed by atoms with van der Waals surface area (Å²) in [5.74, 6) is 0. The number of hydrogen-bond acceptors (Lipinski definition) is 4. The van der Waals surface area contributed by atoms with Crippen LogP contribution in [0.2, 0.25) is 0 Å². The maximum atomic E-state index is 11.4. The number of primary sulfonamides is 1. The number of nitrogen functional groups attached to an aromatic ring is 1. The summed E-state index contributed by atoms with van der Waals surface area (Å²) in [5, 5.41) is 8.27. The molecule has 0 aliphatic rings. The largest absolute Gasteiger partial charge is 0.399 e. The third-order valence-electron chi connectivity index (χ3n) is 2.49. The fourth-order valence-electron chi connectivity index (χ4n) is 1.55. The molecular formula is C12H19N3O2S. The Labute approximate surface area is 108 Å². The molecule has 0 amide bonds. The summed E-state index contributed by atoms with van der Waals surface area (Å²) in [7, 11) is -3.76. The van der Waals surface area contributed by atoms with Crippen molar-refractivity contribution >= 4 is 21.4 Å². The fraction of sp³-hybridized carbons (Fsp3) is 0.333. The molecule has 0 saturated carbocycles. The average Bonchev–Trinajstić information content (AvgIpc) is 2.20. The van der Waals surface area contributed by atoms with Gasteiger partial charge in [0.25, 0.3) is 0 Å². The van der Waals surface area contributed by atoms with Crippen molar-refractivity contribution in [3.8, 4) is 0 Å². The zero-order valence-electron chi connectivity index (χ0n) is 10.8. The highest BCUT2D eigenvalue weighted by Crippen LogP contribution is 2.25. The maximum Gasteiger partial charge on any atom is 0.238 e. The summed E-state index contributed by atoms with van der Waals surface area (Å²) in [4.78, 5) is 0.0576. The first-order valence-corrected chi connectivity index (χ1v) is 7.06. The molecule has 1 aromatic rings. The van der Waals surface area contributed by atoms with Crippen LogP contribution in [0.5, 0.6) is 0 Å². The van der Waals surface area contributed by atoms with E-state index in [1.165, 1.54) is 11.6 Å². The van der Waals surface area contributed by atoms with Crippen molar-refractivity contribution in [2.75, 3.05) is 17.6 Å². The molecule has 100 valence electrons. The van der Waals surface area contributed by atoms with Gasteiger partial charge in [-0.05, 0) is 38.5 Å². The van der Waals surface area contributed by atoms with E-state index in [9.17, 15) is 8.42 Å². The van der Waals surface area contributed by atoms with Crippen LogP contribution in [0.15, 0.2) is 28.7 Å². The third-order valence-corrected chi connectivity index (χ3v) is 3.53. The first-order valence-electron chi connectivity index (χ1n) is 5.52. The van der Waals surface area contributed by atoms with Gasteiger partial charge in [-0.2, -0.15) is 0 Å². The molecule has 0 saturated heterocycles. The second kappa shape index (κ2) is 5.41. The number of hydrogen-bond donors (Lipinski definition) is 3. The molecule has 0 atom stereocenters. The van der Waals surface area contributed by atoms with Gasteiger partial charge >= 0.3 is 0 Å². The molecule has 1 rings (SSSR count). The van der Waals surface area contributed by atoms with E-state index in [2.05, 4.69) is 5.32 Å². The van der Waals surface area contributed by atoms with Gasteiger partial charge in [-0.15, -0.1) is 0 Å². The first kappa shape index (κ1) is 14.5. The lowest BCUT2D eigenvalue weighted by molar-refractivity contribution is 0.597. The van der Waals surface area contributed by atoms with Crippen LogP contribution in [-0.2, 0) is 10.0 Å². The molecule has 0 fully saturated rings. The minimum Gasteiger partial charge on any atom is -0.399 e. The molecule has 0 bridgehead atoms. The zero-order valence-corrected chi connectivity index (χ0v) is 11.6. The van der Waals surface area contributed by atoms with Crippen LogP contribution < -0.4 is 16.2 Å². The van der Waals surface area contributed by atoms with Gasteiger partial charge in [0, 0.05) is 17.9 Å². The molecule has 5 nitrogen and oxygen atoms in total. The van der Waals surface area contributed by atoms with Crippen molar-refractivity contribution in [3.63, 3.8) is 0 Å². The van der Waals surface area contributed by atoms with Gasteiger partial charge in [0.15, 0.2) is 0 Å². The zero-order chi connectivity index (χ0) is 13.9. The molecule has 0 aromatic heterocycles. The Bertz CT molecular complexity index is 573. The van der Waals surface area contributed by atoms with Crippen LogP contribution in [-0.4, -0.2) is 15.0 Å². The Hall–Kier alpha value is -1.53. The van der Waals surface area contributed by atoms with E-state index in [1.54, 1.807) is 13.0 Å². The number of anilines is 2. The Morgan fingerprint density at radius 2 is 2.00 bits per heavy atom. The van der Waals surface area contributed by atoms with E-state index in [-0.39, 0.29) is 4.90 Å². The highest BCUT2D eigenvalue weighted by atomic mass is 32.2. The van der Waals surface area contributed by atoms with Gasteiger partial charge in [-0.1, -0.05) is 11.6 Å². The summed E-state index contributed by atoms with van der Waals surface area (Å²) in [6.07, 6.45) is 2.00. The minimum atomic E-state index is -3.76. The number of benzene rings is 1. The quantitative estimate of drug-likeness (QED) is 0.571. The maximum absolute atomic E-state index is 11.4. The smallest absolute Gasteiger partial charge is 0.238 e. The van der Waals surface area contributed by atoms with E-state index < -0.39 is 10.0 Å². The van der Waals surface area contributed by atoms with Gasteiger partial charge in [-0.25, -0.2) is 13.6 Å². The topological polar surface area (TPSA) is 98.2 Å². The van der Waals surface area contributed by atoms with Crippen LogP contribution in [0.3, 0.4) is 0 Å². The predicted molar refractivity (Wildman–Crippen MR) is 74.9 cm³/mol. The molecule has 1 aromatic carbocycles. The molecule has 5 N–H and O–H groups in total. The van der Waals surface area contributed by atoms with E-state index in [0.29, 0.717) is 23.5 Å². The molecule has 0 aliphatic carbocycles. The number of nitrogens with one attached hydrogen (secondary N) is 1. The van der Waals surface area contributed by atoms with Gasteiger partial charge < -0.3 is 11.1 Å². The van der Waals surface area contributed by atoms with Crippen LogP contribution in [0.25, 0.3) is 0 Å². The number of nitrogens with two attached hydrogens (primary N) is 2. The highest BCUT2D eigenvalue weighted by molar-refractivity contribution is 7.89. The van der Waals surface area contributed by atoms with Crippen molar-refractivity contribution in [3.05, 3.63) is 29.3 Å². The second-order valence-electron chi connectivity index (χ2n) is 4.40. The molecule has 0 spiro atoms. The first-order chi connectivity index (χ1) is 8.21. The normalized spacial score (nSPS) is 11.1. The van der Waals surface area contributed by atoms with Gasteiger partial charge in [-0.3, -0.25) is 0 Å². The number of sulfonamides is 1. The minimum absolute atomic E-state index is 0.0576. The molecule has 0 heterocycles. The van der Waals surface area contributed by atoms with Crippen molar-refractivity contribution in [2.24, 2.45) is 5.14 Å². The lowest BCUT2D eigenvalue weighted by Crippen LogP contribution is -2.15.